The van der Waals surface area contributed by atoms with Gasteiger partial charge in [0.05, 0.1) is 35.9 Å². The van der Waals surface area contributed by atoms with Gasteiger partial charge >= 0.3 is 17.1 Å². The van der Waals surface area contributed by atoms with Crippen LogP contribution in [0.15, 0.2) is 17.5 Å². The molecule has 0 saturated carbocycles. The maximum Gasteiger partial charge on any atom is 2.00 e. The Bertz CT molecular complexity index is 450. The molecule has 2 atom stereocenters. The van der Waals surface area contributed by atoms with E-state index in [1.54, 1.807) is 0 Å². The molecule has 1 rings (SSSR count). The second kappa shape index (κ2) is 12.0. The summed E-state index contributed by atoms with van der Waals surface area (Å²) in [5, 5.41) is 30.8. The molecule has 0 amide bonds. The van der Waals surface area contributed by atoms with Crippen molar-refractivity contribution in [2.45, 2.75) is 19.1 Å². The molecule has 8 N–H and O–H groups in total. The van der Waals surface area contributed by atoms with Crippen LogP contribution in [0.3, 0.4) is 0 Å². The number of aliphatic hydroxyl groups excluding tert-OH is 1. The zero-order chi connectivity index (χ0) is 13.0. The summed E-state index contributed by atoms with van der Waals surface area (Å²) in [4.78, 5) is 30.6. The maximum atomic E-state index is 10.8. The molecule has 0 aliphatic rings. The van der Waals surface area contributed by atoms with Gasteiger partial charge in [0, 0.05) is 0 Å². The summed E-state index contributed by atoms with van der Waals surface area (Å²) in [6.07, 6.45) is 0.863. The summed E-state index contributed by atoms with van der Waals surface area (Å²) in [5.74, 6) is -3.32. The third kappa shape index (κ3) is 7.51. The minimum Gasteiger partial charge on any atom is -0.548 e. The number of aromatic amines is 1. The van der Waals surface area contributed by atoms with E-state index in [2.05, 4.69) is 15.0 Å². The molecule has 1 aromatic heterocycles. The first kappa shape index (κ1) is 27.5. The third-order valence-corrected chi connectivity index (χ3v) is 2.01. The number of hydrogen-bond acceptors (Lipinski definition) is 7. The van der Waals surface area contributed by atoms with Crippen LogP contribution < -0.4 is 10.2 Å². The third-order valence-electron chi connectivity index (χ3n) is 2.01. The van der Waals surface area contributed by atoms with E-state index in [1.807, 2.05) is 0 Å². The first-order chi connectivity index (χ1) is 7.93. The van der Waals surface area contributed by atoms with E-state index in [4.69, 9.17) is 0 Å². The zero-order valence-electron chi connectivity index (χ0n) is 10.6. The summed E-state index contributed by atoms with van der Waals surface area (Å²) in [6, 6.07) is -1.74. The van der Waals surface area contributed by atoms with Crippen molar-refractivity contribution in [2.24, 2.45) is 4.99 Å². The van der Waals surface area contributed by atoms with Crippen LogP contribution >= 0.6 is 0 Å². The van der Waals surface area contributed by atoms with Crippen LogP contribution in [0.5, 0.6) is 0 Å². The molecule has 0 aliphatic heterocycles. The van der Waals surface area contributed by atoms with Crippen LogP contribution in [0, 0.1) is 0 Å². The van der Waals surface area contributed by atoms with E-state index in [1.165, 1.54) is 12.5 Å². The van der Waals surface area contributed by atoms with Crippen LogP contribution in [0.4, 0.5) is 0 Å². The number of aromatic nitrogens is 2. The normalized spacial score (nSPS) is 12.4. The van der Waals surface area contributed by atoms with Crippen molar-refractivity contribution < 1.29 is 58.4 Å². The Labute approximate surface area is 129 Å². The molecule has 12 heteroatoms. The molecular formula is C9H15CuN3O8. The SMILES string of the molecule is CC(=NC(C(=O)[O-])C(O)c1cnc[nH]1)C(=O)[O-].O.O.O.[Cu+2]. The largest absolute Gasteiger partial charge is 2.00 e. The molecule has 2 unspecified atom stereocenters. The maximum absolute atomic E-state index is 10.8. The van der Waals surface area contributed by atoms with E-state index < -0.39 is 29.8 Å². The van der Waals surface area contributed by atoms with Crippen LogP contribution in [0.2, 0.25) is 0 Å². The summed E-state index contributed by atoms with van der Waals surface area (Å²) >= 11 is 0. The van der Waals surface area contributed by atoms with Gasteiger partial charge in [-0.3, -0.25) is 4.99 Å². The Morgan fingerprint density at radius 2 is 1.86 bits per heavy atom. The number of carbonyl (C=O) groups excluding carboxylic acids is 2. The van der Waals surface area contributed by atoms with E-state index >= 15 is 0 Å². The number of aliphatic imine (C=N–C) groups is 1. The minimum absolute atomic E-state index is 0. The van der Waals surface area contributed by atoms with Crippen molar-refractivity contribution in [1.29, 1.82) is 0 Å². The predicted molar refractivity (Wildman–Crippen MR) is 61.3 cm³/mol. The van der Waals surface area contributed by atoms with Crippen LogP contribution in [-0.2, 0) is 26.7 Å². The second-order valence-electron chi connectivity index (χ2n) is 3.22. The Morgan fingerprint density at radius 3 is 2.19 bits per heavy atom. The fourth-order valence-electron chi connectivity index (χ4n) is 1.11. The number of aliphatic carboxylic acids is 2. The topological polar surface area (TPSA) is 236 Å². The number of imidazole rings is 1. The molecule has 11 nitrogen and oxygen atoms in total. The molecule has 0 aliphatic carbocycles. The van der Waals surface area contributed by atoms with Crippen LogP contribution in [-0.4, -0.2) is 55.2 Å². The Balaban J connectivity index is -0.000000361. The van der Waals surface area contributed by atoms with E-state index in [0.29, 0.717) is 0 Å². The van der Waals surface area contributed by atoms with Gasteiger partial charge < -0.3 is 46.3 Å². The first-order valence-electron chi connectivity index (χ1n) is 4.56. The summed E-state index contributed by atoms with van der Waals surface area (Å²) in [6.45, 7) is 1.06. The molecule has 1 heterocycles. The number of carboxylic acids is 2. The zero-order valence-corrected chi connectivity index (χ0v) is 11.5. The molecule has 1 radical (unpaired) electrons. The minimum atomic E-state index is -1.74. The van der Waals surface area contributed by atoms with Crippen molar-refractivity contribution in [1.82, 2.24) is 9.97 Å². The smallest absolute Gasteiger partial charge is 0.548 e. The molecule has 0 fully saturated rings. The Morgan fingerprint density at radius 1 is 1.33 bits per heavy atom. The molecule has 0 bridgehead atoms. The number of carboxylic acid groups (broad SMARTS) is 2. The number of carbonyl (C=O) groups is 2. The molecule has 0 aromatic carbocycles. The van der Waals surface area contributed by atoms with Gasteiger partial charge in [0.25, 0.3) is 0 Å². The number of nitrogens with one attached hydrogen (secondary N) is 1. The average molecular weight is 357 g/mol. The van der Waals surface area contributed by atoms with Gasteiger partial charge in [-0.1, -0.05) is 0 Å². The number of nitrogens with zero attached hydrogens (tertiary/aromatic N) is 2. The van der Waals surface area contributed by atoms with Crippen molar-refractivity contribution in [2.75, 3.05) is 0 Å². The second-order valence-corrected chi connectivity index (χ2v) is 3.22. The number of rotatable bonds is 5. The number of hydrogen-bond donors (Lipinski definition) is 2. The van der Waals surface area contributed by atoms with Crippen molar-refractivity contribution in [3.63, 3.8) is 0 Å². The molecular weight excluding hydrogens is 342 g/mol. The average Bonchev–Trinajstić information content (AvgIpc) is 2.77. The summed E-state index contributed by atoms with van der Waals surface area (Å²) < 4.78 is 0. The number of H-pyrrole nitrogens is 1. The number of aliphatic hydroxyl groups is 1. The van der Waals surface area contributed by atoms with E-state index in [9.17, 15) is 24.9 Å². The van der Waals surface area contributed by atoms with Crippen molar-refractivity contribution in [3.05, 3.63) is 18.2 Å². The van der Waals surface area contributed by atoms with Gasteiger partial charge in [0.15, 0.2) is 0 Å². The standard InChI is InChI=1S/C9H11N3O5.Cu.3H2O/c1-4(8(14)15)12-6(9(16)17)7(13)5-2-10-3-11-5;;;;/h2-3,6-7,13H,1H3,(H,10,11)(H,14,15)(H,16,17);;3*1H2/q;+2;;;/p-2. The summed E-state index contributed by atoms with van der Waals surface area (Å²) in [7, 11) is 0. The van der Waals surface area contributed by atoms with E-state index in [-0.39, 0.29) is 39.2 Å². The fourth-order valence-corrected chi connectivity index (χ4v) is 1.11. The molecule has 0 spiro atoms. The van der Waals surface area contributed by atoms with Gasteiger partial charge in [-0.25, -0.2) is 4.98 Å². The monoisotopic (exact) mass is 356 g/mol. The van der Waals surface area contributed by atoms with E-state index in [0.717, 1.165) is 6.92 Å². The molecule has 21 heavy (non-hydrogen) atoms. The van der Waals surface area contributed by atoms with Gasteiger partial charge in [-0.2, -0.15) is 0 Å². The van der Waals surface area contributed by atoms with Gasteiger partial charge in [0.2, 0.25) is 0 Å². The molecule has 0 saturated heterocycles. The molecule has 1 aromatic rings. The predicted octanol–water partition coefficient (Wildman–Crippen LogP) is -5.70. The van der Waals surface area contributed by atoms with Gasteiger partial charge in [0.1, 0.15) is 12.1 Å². The van der Waals surface area contributed by atoms with Crippen LogP contribution in [0.1, 0.15) is 18.7 Å². The van der Waals surface area contributed by atoms with Crippen LogP contribution in [0.25, 0.3) is 0 Å². The summed E-state index contributed by atoms with van der Waals surface area (Å²) in [5.41, 5.74) is -0.452. The van der Waals surface area contributed by atoms with Gasteiger partial charge in [-0.15, -0.1) is 0 Å². The quantitative estimate of drug-likeness (QED) is 0.384. The fraction of sp³-hybridized carbons (Fsp3) is 0.333. The molecule has 125 valence electrons. The van der Waals surface area contributed by atoms with Crippen molar-refractivity contribution >= 4 is 17.7 Å². The Kier molecular flexibility index (Phi) is 15.7. The Hall–Kier alpha value is -1.82. The van der Waals surface area contributed by atoms with Crippen molar-refractivity contribution in [3.8, 4) is 0 Å². The van der Waals surface area contributed by atoms with Gasteiger partial charge in [-0.05, 0) is 6.92 Å². The first-order valence-corrected chi connectivity index (χ1v) is 4.56.